The highest BCUT2D eigenvalue weighted by atomic mass is 32.2. The first kappa shape index (κ1) is 16.8. The second-order valence-electron chi connectivity index (χ2n) is 5.25. The van der Waals surface area contributed by atoms with E-state index in [4.69, 9.17) is 4.74 Å². The van der Waals surface area contributed by atoms with Crippen LogP contribution in [-0.2, 0) is 6.54 Å². The van der Waals surface area contributed by atoms with Gasteiger partial charge in [-0.2, -0.15) is 0 Å². The van der Waals surface area contributed by atoms with Crippen molar-refractivity contribution in [3.05, 3.63) is 64.3 Å². The molecule has 124 valence electrons. The van der Waals surface area contributed by atoms with Crippen molar-refractivity contribution in [2.45, 2.75) is 18.6 Å². The van der Waals surface area contributed by atoms with Gasteiger partial charge in [0, 0.05) is 12.3 Å². The molecule has 0 unspecified atom stereocenters. The van der Waals surface area contributed by atoms with Crippen LogP contribution in [0.15, 0.2) is 58.3 Å². The molecule has 24 heavy (non-hydrogen) atoms. The zero-order valence-corrected chi connectivity index (χ0v) is 15.0. The maximum atomic E-state index is 12.5. The number of fused-ring (bicyclic) bond motifs is 1. The number of aromatic nitrogens is 2. The van der Waals surface area contributed by atoms with Gasteiger partial charge in [-0.05, 0) is 36.1 Å². The average molecular weight is 358 g/mol. The average Bonchev–Trinajstić information content (AvgIpc) is 3.03. The summed E-state index contributed by atoms with van der Waals surface area (Å²) in [6.45, 7) is 6.78. The molecule has 0 N–H and O–H groups in total. The number of rotatable bonds is 7. The molecule has 0 atom stereocenters. The molecule has 0 aliphatic heterocycles. The Hall–Kier alpha value is -2.05. The molecule has 0 radical (unpaired) electrons. The third kappa shape index (κ3) is 3.71. The van der Waals surface area contributed by atoms with E-state index < -0.39 is 0 Å². The van der Waals surface area contributed by atoms with Gasteiger partial charge in [-0.25, -0.2) is 4.98 Å². The van der Waals surface area contributed by atoms with Crippen LogP contribution in [0.1, 0.15) is 5.56 Å². The first-order valence-electron chi connectivity index (χ1n) is 7.60. The minimum atomic E-state index is -0.0109. The summed E-state index contributed by atoms with van der Waals surface area (Å²) in [5.74, 6) is 1.58. The van der Waals surface area contributed by atoms with Gasteiger partial charge in [-0.1, -0.05) is 30.0 Å². The van der Waals surface area contributed by atoms with Crippen LogP contribution in [0.4, 0.5) is 0 Å². The van der Waals surface area contributed by atoms with E-state index in [2.05, 4.69) is 11.6 Å². The standard InChI is InChI=1S/C18H18N2O2S2/c1-3-8-20-17(21)15-7-10-23-16(15)19-18(20)24-11-9-22-14-6-4-5-13(2)12-14/h3-7,10,12H,1,8-9,11H2,2H3. The smallest absolute Gasteiger partial charge is 0.263 e. The second kappa shape index (κ2) is 7.68. The molecule has 0 spiro atoms. The number of benzene rings is 1. The lowest BCUT2D eigenvalue weighted by atomic mass is 10.2. The summed E-state index contributed by atoms with van der Waals surface area (Å²) in [6, 6.07) is 9.79. The molecule has 0 aliphatic rings. The van der Waals surface area contributed by atoms with Crippen molar-refractivity contribution in [3.8, 4) is 5.75 Å². The molecule has 0 fully saturated rings. The third-order valence-corrected chi connectivity index (χ3v) is 5.18. The summed E-state index contributed by atoms with van der Waals surface area (Å²) in [5, 5.41) is 3.27. The van der Waals surface area contributed by atoms with E-state index in [1.807, 2.05) is 42.6 Å². The molecule has 0 saturated carbocycles. The Bertz CT molecular complexity index is 915. The normalized spacial score (nSPS) is 10.9. The van der Waals surface area contributed by atoms with Crippen molar-refractivity contribution in [2.24, 2.45) is 0 Å². The molecule has 3 rings (SSSR count). The van der Waals surface area contributed by atoms with Crippen molar-refractivity contribution in [1.82, 2.24) is 9.55 Å². The van der Waals surface area contributed by atoms with Gasteiger partial charge in [0.2, 0.25) is 0 Å². The van der Waals surface area contributed by atoms with Gasteiger partial charge >= 0.3 is 0 Å². The summed E-state index contributed by atoms with van der Waals surface area (Å²) in [4.78, 5) is 17.9. The molecular formula is C18H18N2O2S2. The van der Waals surface area contributed by atoms with Crippen LogP contribution in [0.3, 0.4) is 0 Å². The van der Waals surface area contributed by atoms with Crippen LogP contribution in [0.5, 0.6) is 5.75 Å². The third-order valence-electron chi connectivity index (χ3n) is 3.43. The zero-order chi connectivity index (χ0) is 16.9. The first-order chi connectivity index (χ1) is 11.7. The van der Waals surface area contributed by atoms with Gasteiger partial charge in [0.05, 0.1) is 12.0 Å². The fourth-order valence-corrected chi connectivity index (χ4v) is 3.96. The van der Waals surface area contributed by atoms with E-state index >= 15 is 0 Å². The summed E-state index contributed by atoms with van der Waals surface area (Å²) in [5.41, 5.74) is 1.16. The Labute approximate surface area is 148 Å². The highest BCUT2D eigenvalue weighted by Gasteiger charge is 2.11. The first-order valence-corrected chi connectivity index (χ1v) is 9.47. The summed E-state index contributed by atoms with van der Waals surface area (Å²) < 4.78 is 7.42. The van der Waals surface area contributed by atoms with E-state index in [9.17, 15) is 4.79 Å². The van der Waals surface area contributed by atoms with Crippen LogP contribution in [0.2, 0.25) is 0 Å². The van der Waals surface area contributed by atoms with Crippen LogP contribution in [0, 0.1) is 6.92 Å². The zero-order valence-electron chi connectivity index (χ0n) is 13.4. The molecular weight excluding hydrogens is 340 g/mol. The second-order valence-corrected chi connectivity index (χ2v) is 7.21. The topological polar surface area (TPSA) is 44.1 Å². The minimum Gasteiger partial charge on any atom is -0.493 e. The lowest BCUT2D eigenvalue weighted by Crippen LogP contribution is -2.22. The molecule has 6 heteroatoms. The fraction of sp³-hybridized carbons (Fsp3) is 0.222. The van der Waals surface area contributed by atoms with Crippen LogP contribution < -0.4 is 10.3 Å². The molecule has 1 aromatic carbocycles. The van der Waals surface area contributed by atoms with E-state index in [1.54, 1.807) is 10.6 Å². The highest BCUT2D eigenvalue weighted by Crippen LogP contribution is 2.21. The molecule has 3 aromatic rings. The Morgan fingerprint density at radius 2 is 2.29 bits per heavy atom. The van der Waals surface area contributed by atoms with Crippen molar-refractivity contribution in [1.29, 1.82) is 0 Å². The Morgan fingerprint density at radius 3 is 3.08 bits per heavy atom. The SMILES string of the molecule is C=CCn1c(SCCOc2cccc(C)c2)nc2sccc2c1=O. The maximum Gasteiger partial charge on any atom is 0.263 e. The quantitative estimate of drug-likeness (QED) is 0.276. The van der Waals surface area contributed by atoms with Gasteiger partial charge in [-0.15, -0.1) is 17.9 Å². The van der Waals surface area contributed by atoms with Crippen molar-refractivity contribution in [3.63, 3.8) is 0 Å². The number of ether oxygens (including phenoxy) is 1. The van der Waals surface area contributed by atoms with Crippen LogP contribution in [0.25, 0.3) is 10.2 Å². The lowest BCUT2D eigenvalue weighted by molar-refractivity contribution is 0.343. The summed E-state index contributed by atoms with van der Waals surface area (Å²) >= 11 is 3.01. The predicted molar refractivity (Wildman–Crippen MR) is 101 cm³/mol. The Balaban J connectivity index is 1.71. The molecule has 4 nitrogen and oxygen atoms in total. The van der Waals surface area contributed by atoms with Crippen molar-refractivity contribution in [2.75, 3.05) is 12.4 Å². The van der Waals surface area contributed by atoms with E-state index in [1.165, 1.54) is 28.7 Å². The van der Waals surface area contributed by atoms with Crippen molar-refractivity contribution >= 4 is 33.3 Å². The fourth-order valence-electron chi connectivity index (χ4n) is 2.33. The molecule has 0 aliphatic carbocycles. The highest BCUT2D eigenvalue weighted by molar-refractivity contribution is 7.99. The number of hydrogen-bond acceptors (Lipinski definition) is 5. The number of allylic oxidation sites excluding steroid dienone is 1. The number of hydrogen-bond donors (Lipinski definition) is 0. The Kier molecular flexibility index (Phi) is 5.37. The van der Waals surface area contributed by atoms with Gasteiger partial charge in [0.15, 0.2) is 5.16 Å². The molecule has 0 bridgehead atoms. The predicted octanol–water partition coefficient (Wildman–Crippen LogP) is 4.12. The Morgan fingerprint density at radius 1 is 1.42 bits per heavy atom. The van der Waals surface area contributed by atoms with Crippen molar-refractivity contribution < 1.29 is 4.74 Å². The molecule has 2 heterocycles. The summed E-state index contributed by atoms with van der Waals surface area (Å²) in [7, 11) is 0. The van der Waals surface area contributed by atoms with Crippen LogP contribution >= 0.6 is 23.1 Å². The van der Waals surface area contributed by atoms with Gasteiger partial charge in [0.1, 0.15) is 10.6 Å². The number of thiophene rings is 1. The lowest BCUT2D eigenvalue weighted by Gasteiger charge is -2.10. The monoisotopic (exact) mass is 358 g/mol. The largest absolute Gasteiger partial charge is 0.493 e. The molecule has 0 saturated heterocycles. The number of thioether (sulfide) groups is 1. The van der Waals surface area contributed by atoms with Gasteiger partial charge in [0.25, 0.3) is 5.56 Å². The molecule has 2 aromatic heterocycles. The number of aryl methyl sites for hydroxylation is 1. The molecule has 0 amide bonds. The maximum absolute atomic E-state index is 12.5. The minimum absolute atomic E-state index is 0.0109. The van der Waals surface area contributed by atoms with E-state index in [0.29, 0.717) is 29.4 Å². The van der Waals surface area contributed by atoms with Gasteiger partial charge < -0.3 is 4.74 Å². The van der Waals surface area contributed by atoms with E-state index in [0.717, 1.165) is 10.6 Å². The van der Waals surface area contributed by atoms with E-state index in [-0.39, 0.29) is 5.56 Å². The summed E-state index contributed by atoms with van der Waals surface area (Å²) in [6.07, 6.45) is 1.72. The number of nitrogens with zero attached hydrogens (tertiary/aromatic N) is 2. The van der Waals surface area contributed by atoms with Gasteiger partial charge in [-0.3, -0.25) is 9.36 Å². The van der Waals surface area contributed by atoms with Crippen LogP contribution in [-0.4, -0.2) is 21.9 Å².